The normalized spacial score (nSPS) is 19.6. The van der Waals surface area contributed by atoms with E-state index in [1.807, 2.05) is 27.7 Å². The molecular weight excluding hydrogens is 286 g/mol. The Morgan fingerprint density at radius 1 is 1.27 bits per heavy atom. The number of methoxy groups -OCH3 is 1. The molecule has 1 rings (SSSR count). The first-order valence-electron chi connectivity index (χ1n) is 7.88. The van der Waals surface area contributed by atoms with Crippen molar-refractivity contribution in [1.82, 2.24) is 4.90 Å². The molecule has 0 spiro atoms. The summed E-state index contributed by atoms with van der Waals surface area (Å²) in [5.74, 6) is -0.0896. The minimum absolute atomic E-state index is 0.0896. The second-order valence-corrected chi connectivity index (χ2v) is 6.86. The van der Waals surface area contributed by atoms with Crippen LogP contribution in [-0.4, -0.2) is 59.4 Å². The van der Waals surface area contributed by atoms with Crippen molar-refractivity contribution in [2.75, 3.05) is 20.2 Å². The topological polar surface area (TPSA) is 76.1 Å². The number of likely N-dealkylation sites (tertiary alicyclic amines) is 1. The number of hydrogen-bond donors (Lipinski definition) is 1. The fourth-order valence-electron chi connectivity index (χ4n) is 2.52. The van der Waals surface area contributed by atoms with Gasteiger partial charge in [0.1, 0.15) is 11.2 Å². The predicted molar refractivity (Wildman–Crippen MR) is 82.7 cm³/mol. The number of aliphatic hydroxyl groups excluding tert-OH is 1. The van der Waals surface area contributed by atoms with Crippen LogP contribution in [0, 0.1) is 0 Å². The Labute approximate surface area is 132 Å². The number of carbonyl (C=O) groups excluding carboxylic acids is 2. The van der Waals surface area contributed by atoms with Gasteiger partial charge in [-0.05, 0) is 27.2 Å². The highest BCUT2D eigenvalue weighted by molar-refractivity contribution is 5.88. The standard InChI is InChI=1S/C16H29NO5/c1-6-12(18)11-13(19)16(21-5)7-9-17(10-8-16)14(20)22-15(2,3)4/h12,18H,6-11H2,1-5H3. The molecule has 0 saturated carbocycles. The molecule has 128 valence electrons. The van der Waals surface area contributed by atoms with Gasteiger partial charge in [0.05, 0.1) is 6.10 Å². The van der Waals surface area contributed by atoms with E-state index in [0.29, 0.717) is 32.4 Å². The zero-order valence-corrected chi connectivity index (χ0v) is 14.3. The van der Waals surface area contributed by atoms with Crippen molar-refractivity contribution in [1.29, 1.82) is 0 Å². The van der Waals surface area contributed by atoms with Crippen LogP contribution in [-0.2, 0) is 14.3 Å². The van der Waals surface area contributed by atoms with Crippen LogP contribution < -0.4 is 0 Å². The molecule has 1 saturated heterocycles. The van der Waals surface area contributed by atoms with Crippen molar-refractivity contribution in [3.63, 3.8) is 0 Å². The number of aliphatic hydroxyl groups is 1. The number of amides is 1. The first kappa shape index (κ1) is 18.9. The van der Waals surface area contributed by atoms with Gasteiger partial charge in [0.2, 0.25) is 0 Å². The van der Waals surface area contributed by atoms with Crippen molar-refractivity contribution in [3.8, 4) is 0 Å². The maximum Gasteiger partial charge on any atom is 0.410 e. The van der Waals surface area contributed by atoms with Crippen molar-refractivity contribution >= 4 is 11.9 Å². The lowest BCUT2D eigenvalue weighted by atomic mass is 9.84. The highest BCUT2D eigenvalue weighted by atomic mass is 16.6. The van der Waals surface area contributed by atoms with E-state index >= 15 is 0 Å². The Hall–Kier alpha value is -1.14. The number of hydrogen-bond acceptors (Lipinski definition) is 5. The number of ketones is 1. The summed E-state index contributed by atoms with van der Waals surface area (Å²) >= 11 is 0. The van der Waals surface area contributed by atoms with Crippen LogP contribution in [0.2, 0.25) is 0 Å². The van der Waals surface area contributed by atoms with Gasteiger partial charge in [-0.3, -0.25) is 4.79 Å². The molecule has 1 aliphatic heterocycles. The van der Waals surface area contributed by atoms with E-state index < -0.39 is 17.3 Å². The van der Waals surface area contributed by atoms with Gasteiger partial charge in [0.25, 0.3) is 0 Å². The van der Waals surface area contributed by atoms with E-state index in [0.717, 1.165) is 0 Å². The molecule has 0 aromatic carbocycles. The summed E-state index contributed by atoms with van der Waals surface area (Å²) in [6.45, 7) is 8.13. The molecule has 0 radical (unpaired) electrons. The average molecular weight is 315 g/mol. The number of Topliss-reactive ketones (excluding diaryl/α,β-unsaturated/α-hetero) is 1. The van der Waals surface area contributed by atoms with Crippen molar-refractivity contribution in [3.05, 3.63) is 0 Å². The van der Waals surface area contributed by atoms with Gasteiger partial charge in [-0.2, -0.15) is 0 Å². The summed E-state index contributed by atoms with van der Waals surface area (Å²) in [6, 6.07) is 0. The molecule has 6 heteroatoms. The molecule has 1 amide bonds. The zero-order valence-electron chi connectivity index (χ0n) is 14.3. The van der Waals surface area contributed by atoms with Crippen LogP contribution in [0.1, 0.15) is 53.4 Å². The maximum atomic E-state index is 12.4. The molecule has 1 atom stereocenters. The lowest BCUT2D eigenvalue weighted by molar-refractivity contribution is -0.149. The molecule has 0 aromatic rings. The molecular formula is C16H29NO5. The molecule has 1 fully saturated rings. The lowest BCUT2D eigenvalue weighted by Crippen LogP contribution is -2.53. The van der Waals surface area contributed by atoms with Crippen LogP contribution in [0.4, 0.5) is 4.79 Å². The molecule has 1 unspecified atom stereocenters. The first-order valence-corrected chi connectivity index (χ1v) is 7.88. The van der Waals surface area contributed by atoms with E-state index in [2.05, 4.69) is 0 Å². The maximum absolute atomic E-state index is 12.4. The third-order valence-electron chi connectivity index (χ3n) is 4.01. The number of nitrogens with zero attached hydrogens (tertiary/aromatic N) is 1. The second-order valence-electron chi connectivity index (χ2n) is 6.86. The third-order valence-corrected chi connectivity index (χ3v) is 4.01. The summed E-state index contributed by atoms with van der Waals surface area (Å²) in [6.07, 6.45) is 0.490. The van der Waals surface area contributed by atoms with E-state index in [1.54, 1.807) is 4.90 Å². The summed E-state index contributed by atoms with van der Waals surface area (Å²) < 4.78 is 10.8. The van der Waals surface area contributed by atoms with E-state index in [1.165, 1.54) is 7.11 Å². The smallest absolute Gasteiger partial charge is 0.410 e. The molecule has 1 N–H and O–H groups in total. The molecule has 0 bridgehead atoms. The minimum atomic E-state index is -0.894. The monoisotopic (exact) mass is 315 g/mol. The van der Waals surface area contributed by atoms with Crippen LogP contribution in [0.25, 0.3) is 0 Å². The average Bonchev–Trinajstić information content (AvgIpc) is 2.45. The Balaban J connectivity index is 2.64. The molecule has 6 nitrogen and oxygen atoms in total. The highest BCUT2D eigenvalue weighted by Gasteiger charge is 2.43. The molecule has 1 aliphatic rings. The van der Waals surface area contributed by atoms with Crippen LogP contribution in [0.5, 0.6) is 0 Å². The Kier molecular flexibility index (Phi) is 6.38. The lowest BCUT2D eigenvalue weighted by Gasteiger charge is -2.40. The van der Waals surface area contributed by atoms with Gasteiger partial charge in [-0.25, -0.2) is 4.79 Å². The summed E-state index contributed by atoms with van der Waals surface area (Å²) in [4.78, 5) is 26.1. The number of piperidine rings is 1. The van der Waals surface area contributed by atoms with Gasteiger partial charge >= 0.3 is 6.09 Å². The molecule has 0 aliphatic carbocycles. The minimum Gasteiger partial charge on any atom is -0.444 e. The van der Waals surface area contributed by atoms with Crippen LogP contribution >= 0.6 is 0 Å². The van der Waals surface area contributed by atoms with Crippen molar-refractivity contribution < 1.29 is 24.2 Å². The van der Waals surface area contributed by atoms with Gasteiger partial charge in [0.15, 0.2) is 5.78 Å². The molecule has 1 heterocycles. The molecule has 0 aromatic heterocycles. The number of carbonyl (C=O) groups is 2. The van der Waals surface area contributed by atoms with Crippen LogP contribution in [0.15, 0.2) is 0 Å². The van der Waals surface area contributed by atoms with Crippen molar-refractivity contribution in [2.45, 2.75) is 70.7 Å². The quantitative estimate of drug-likeness (QED) is 0.841. The van der Waals surface area contributed by atoms with E-state index in [-0.39, 0.29) is 18.3 Å². The van der Waals surface area contributed by atoms with Gasteiger partial charge in [0, 0.05) is 39.5 Å². The Bertz CT molecular complexity index is 394. The summed E-state index contributed by atoms with van der Waals surface area (Å²) in [7, 11) is 1.51. The fraction of sp³-hybridized carbons (Fsp3) is 0.875. The first-order chi connectivity index (χ1) is 10.1. The summed E-state index contributed by atoms with van der Waals surface area (Å²) in [5.41, 5.74) is -1.43. The summed E-state index contributed by atoms with van der Waals surface area (Å²) in [5, 5.41) is 9.68. The van der Waals surface area contributed by atoms with Gasteiger partial charge in [-0.1, -0.05) is 6.92 Å². The molecule has 22 heavy (non-hydrogen) atoms. The Morgan fingerprint density at radius 2 is 1.82 bits per heavy atom. The highest BCUT2D eigenvalue weighted by Crippen LogP contribution is 2.29. The van der Waals surface area contributed by atoms with Gasteiger partial charge < -0.3 is 19.5 Å². The van der Waals surface area contributed by atoms with Crippen LogP contribution in [0.3, 0.4) is 0 Å². The largest absolute Gasteiger partial charge is 0.444 e. The van der Waals surface area contributed by atoms with Gasteiger partial charge in [-0.15, -0.1) is 0 Å². The van der Waals surface area contributed by atoms with Crippen molar-refractivity contribution in [2.24, 2.45) is 0 Å². The van der Waals surface area contributed by atoms with E-state index in [9.17, 15) is 14.7 Å². The zero-order chi connectivity index (χ0) is 17.0. The fourth-order valence-corrected chi connectivity index (χ4v) is 2.52. The number of ether oxygens (including phenoxy) is 2. The SMILES string of the molecule is CCC(O)CC(=O)C1(OC)CCN(C(=O)OC(C)(C)C)CC1. The third kappa shape index (κ3) is 4.95. The second kappa shape index (κ2) is 7.42. The van der Waals surface area contributed by atoms with E-state index in [4.69, 9.17) is 9.47 Å². The number of rotatable bonds is 5. The predicted octanol–water partition coefficient (Wildman–Crippen LogP) is 2.13. The Morgan fingerprint density at radius 3 is 2.23 bits per heavy atom.